The normalized spacial score (nSPS) is 23.7. The molecule has 7 nitrogen and oxygen atoms in total. The number of carbonyl (C=O) groups excluding carboxylic acids is 1. The minimum atomic E-state index is -4.56. The third-order valence-electron chi connectivity index (χ3n) is 7.43. The van der Waals surface area contributed by atoms with E-state index in [2.05, 4.69) is 10.3 Å². The zero-order valence-corrected chi connectivity index (χ0v) is 22.2. The van der Waals surface area contributed by atoms with Crippen LogP contribution in [0.4, 0.5) is 23.8 Å². The number of rotatable bonds is 7. The van der Waals surface area contributed by atoms with Gasteiger partial charge in [0.25, 0.3) is 0 Å². The van der Waals surface area contributed by atoms with E-state index in [0.29, 0.717) is 5.56 Å². The smallest absolute Gasteiger partial charge is 0.416 e. The standard InChI is InChI=1S/C28H35F3N4O3/c1-15(2)34(16(3)4)27(38)35-24(19-9-7-6-8-10-19)23(22(18-11-12-18)25(35)26(36)37)33-21-14-20(28(29,30)31)13-17(5)32-21/h6-10,13-16,18,22-25H,11-12H2,1-5H3,(H,32,33)(H,36,37). The first kappa shape index (κ1) is 27.7. The third kappa shape index (κ3) is 5.44. The molecule has 206 valence electrons. The van der Waals surface area contributed by atoms with Gasteiger partial charge in [0.1, 0.15) is 11.9 Å². The van der Waals surface area contributed by atoms with E-state index in [4.69, 9.17) is 0 Å². The monoisotopic (exact) mass is 532 g/mol. The molecule has 4 rings (SSSR count). The summed E-state index contributed by atoms with van der Waals surface area (Å²) >= 11 is 0. The third-order valence-corrected chi connectivity index (χ3v) is 7.43. The number of amides is 2. The number of alkyl halides is 3. The van der Waals surface area contributed by atoms with Gasteiger partial charge in [0.05, 0.1) is 17.6 Å². The van der Waals surface area contributed by atoms with Gasteiger partial charge in [-0.05, 0) is 71.1 Å². The highest BCUT2D eigenvalue weighted by atomic mass is 19.4. The Morgan fingerprint density at radius 3 is 2.18 bits per heavy atom. The molecule has 1 aromatic heterocycles. The van der Waals surface area contributed by atoms with Gasteiger partial charge >= 0.3 is 18.2 Å². The number of carbonyl (C=O) groups is 2. The molecular weight excluding hydrogens is 497 g/mol. The van der Waals surface area contributed by atoms with Crippen molar-refractivity contribution in [3.63, 3.8) is 0 Å². The Hall–Kier alpha value is -3.30. The van der Waals surface area contributed by atoms with Crippen molar-refractivity contribution < 1.29 is 27.9 Å². The van der Waals surface area contributed by atoms with Crippen LogP contribution in [0.1, 0.15) is 63.4 Å². The molecule has 1 aliphatic carbocycles. The van der Waals surface area contributed by atoms with Gasteiger partial charge in [0.2, 0.25) is 0 Å². The van der Waals surface area contributed by atoms with Crippen LogP contribution in [0.25, 0.3) is 0 Å². The van der Waals surface area contributed by atoms with Crippen LogP contribution in [-0.4, -0.2) is 56.1 Å². The summed E-state index contributed by atoms with van der Waals surface area (Å²) in [5.74, 6) is -1.60. The average molecular weight is 533 g/mol. The molecule has 2 N–H and O–H groups in total. The minimum Gasteiger partial charge on any atom is -0.480 e. The Kier molecular flexibility index (Phi) is 7.63. The molecule has 2 aliphatic rings. The number of urea groups is 1. The number of carboxylic acid groups (broad SMARTS) is 1. The molecule has 4 atom stereocenters. The molecule has 0 spiro atoms. The van der Waals surface area contributed by atoms with Gasteiger partial charge in [-0.3, -0.25) is 0 Å². The molecule has 1 aliphatic heterocycles. The number of aryl methyl sites for hydroxylation is 1. The Bertz CT molecular complexity index is 1160. The highest BCUT2D eigenvalue weighted by molar-refractivity contribution is 5.85. The number of hydrogen-bond acceptors (Lipinski definition) is 4. The van der Waals surface area contributed by atoms with Crippen molar-refractivity contribution in [3.8, 4) is 0 Å². The highest BCUT2D eigenvalue weighted by Crippen LogP contribution is 2.52. The number of benzene rings is 1. The van der Waals surface area contributed by atoms with E-state index in [1.807, 2.05) is 58.0 Å². The summed E-state index contributed by atoms with van der Waals surface area (Å²) < 4.78 is 40.8. The lowest BCUT2D eigenvalue weighted by atomic mass is 9.87. The van der Waals surface area contributed by atoms with Crippen LogP contribution in [0.5, 0.6) is 0 Å². The number of aromatic nitrogens is 1. The predicted molar refractivity (Wildman–Crippen MR) is 138 cm³/mol. The van der Waals surface area contributed by atoms with Gasteiger partial charge in [-0.1, -0.05) is 30.3 Å². The summed E-state index contributed by atoms with van der Waals surface area (Å²) in [5, 5.41) is 13.7. The van der Waals surface area contributed by atoms with Gasteiger partial charge < -0.3 is 20.2 Å². The molecule has 0 bridgehead atoms. The van der Waals surface area contributed by atoms with Crippen molar-refractivity contribution in [2.45, 2.75) is 83.8 Å². The number of nitrogens with one attached hydrogen (secondary N) is 1. The first-order valence-corrected chi connectivity index (χ1v) is 13.0. The summed E-state index contributed by atoms with van der Waals surface area (Å²) in [7, 11) is 0. The fourth-order valence-corrected chi connectivity index (χ4v) is 5.93. The zero-order chi connectivity index (χ0) is 27.9. The zero-order valence-electron chi connectivity index (χ0n) is 22.2. The molecule has 1 aromatic carbocycles. The van der Waals surface area contributed by atoms with Crippen molar-refractivity contribution in [3.05, 3.63) is 59.3 Å². The maximum absolute atomic E-state index is 14.1. The minimum absolute atomic E-state index is 0.0110. The summed E-state index contributed by atoms with van der Waals surface area (Å²) in [5.41, 5.74) is 0.0650. The number of hydrogen-bond donors (Lipinski definition) is 2. The number of halogens is 3. The van der Waals surface area contributed by atoms with E-state index in [-0.39, 0.29) is 29.5 Å². The first-order valence-electron chi connectivity index (χ1n) is 13.0. The number of likely N-dealkylation sites (tertiary alicyclic amines) is 1. The number of pyridine rings is 1. The first-order chi connectivity index (χ1) is 17.8. The molecular formula is C28H35F3N4O3. The fraction of sp³-hybridized carbons (Fsp3) is 0.536. The predicted octanol–water partition coefficient (Wildman–Crippen LogP) is 5.96. The quantitative estimate of drug-likeness (QED) is 0.459. The molecule has 2 fully saturated rings. The van der Waals surface area contributed by atoms with Crippen LogP contribution in [-0.2, 0) is 11.0 Å². The van der Waals surface area contributed by atoms with Crippen LogP contribution < -0.4 is 5.32 Å². The molecule has 0 radical (unpaired) electrons. The Morgan fingerprint density at radius 1 is 1.08 bits per heavy atom. The summed E-state index contributed by atoms with van der Waals surface area (Å²) in [4.78, 5) is 34.4. The topological polar surface area (TPSA) is 85.8 Å². The summed E-state index contributed by atoms with van der Waals surface area (Å²) in [6.45, 7) is 9.01. The molecule has 1 saturated heterocycles. The van der Waals surface area contributed by atoms with Gasteiger partial charge in [-0.15, -0.1) is 0 Å². The molecule has 2 amide bonds. The van der Waals surface area contributed by atoms with E-state index in [0.717, 1.165) is 25.0 Å². The van der Waals surface area contributed by atoms with Crippen LogP contribution in [0.2, 0.25) is 0 Å². The molecule has 1 saturated carbocycles. The van der Waals surface area contributed by atoms with E-state index in [9.17, 15) is 27.9 Å². The number of anilines is 1. The second kappa shape index (κ2) is 10.5. The van der Waals surface area contributed by atoms with Gasteiger partial charge in [0.15, 0.2) is 0 Å². The van der Waals surface area contributed by atoms with Crippen molar-refractivity contribution >= 4 is 17.8 Å². The van der Waals surface area contributed by atoms with Crippen molar-refractivity contribution in [1.82, 2.24) is 14.8 Å². The molecule has 2 heterocycles. The van der Waals surface area contributed by atoms with Gasteiger partial charge in [0, 0.05) is 23.7 Å². The van der Waals surface area contributed by atoms with Crippen molar-refractivity contribution in [2.24, 2.45) is 11.8 Å². The molecule has 10 heteroatoms. The van der Waals surface area contributed by atoms with Crippen molar-refractivity contribution in [1.29, 1.82) is 0 Å². The van der Waals surface area contributed by atoms with E-state index < -0.39 is 47.8 Å². The Morgan fingerprint density at radius 2 is 1.68 bits per heavy atom. The Balaban J connectivity index is 1.88. The van der Waals surface area contributed by atoms with Gasteiger partial charge in [-0.25, -0.2) is 14.6 Å². The molecule has 4 unspecified atom stereocenters. The number of carboxylic acids is 1. The van der Waals surface area contributed by atoms with Crippen LogP contribution in [0, 0.1) is 18.8 Å². The van der Waals surface area contributed by atoms with Crippen LogP contribution in [0.15, 0.2) is 42.5 Å². The van der Waals surface area contributed by atoms with E-state index in [1.165, 1.54) is 11.8 Å². The lowest BCUT2D eigenvalue weighted by Gasteiger charge is -2.39. The lowest BCUT2D eigenvalue weighted by Crippen LogP contribution is -2.54. The second-order valence-corrected chi connectivity index (χ2v) is 10.9. The maximum Gasteiger partial charge on any atom is 0.416 e. The lowest BCUT2D eigenvalue weighted by molar-refractivity contribution is -0.143. The van der Waals surface area contributed by atoms with Crippen molar-refractivity contribution in [2.75, 3.05) is 5.32 Å². The number of nitrogens with zero attached hydrogens (tertiary/aromatic N) is 3. The largest absolute Gasteiger partial charge is 0.480 e. The summed E-state index contributed by atoms with van der Waals surface area (Å²) in [6, 6.07) is 7.71. The fourth-order valence-electron chi connectivity index (χ4n) is 5.93. The molecule has 2 aromatic rings. The van der Waals surface area contributed by atoms with Gasteiger partial charge in [-0.2, -0.15) is 13.2 Å². The van der Waals surface area contributed by atoms with E-state index >= 15 is 0 Å². The van der Waals surface area contributed by atoms with Crippen LogP contribution in [0.3, 0.4) is 0 Å². The Labute approximate surface area is 221 Å². The number of aliphatic carboxylic acids is 1. The maximum atomic E-state index is 14.1. The summed E-state index contributed by atoms with van der Waals surface area (Å²) in [6.07, 6.45) is -2.97. The average Bonchev–Trinajstić information content (AvgIpc) is 3.59. The highest BCUT2D eigenvalue weighted by Gasteiger charge is 2.59. The van der Waals surface area contributed by atoms with E-state index in [1.54, 1.807) is 4.90 Å². The SMILES string of the molecule is Cc1cc(C(F)(F)F)cc(NC2C(C3CC3)C(C(=O)O)N(C(=O)N(C(C)C)C(C)C)C2c2ccccc2)n1. The second-order valence-electron chi connectivity index (χ2n) is 10.9. The molecule has 38 heavy (non-hydrogen) atoms. The van der Waals surface area contributed by atoms with Crippen LogP contribution >= 0.6 is 0 Å².